The largest absolute Gasteiger partial charge is 0.480 e. The van der Waals surface area contributed by atoms with Gasteiger partial charge in [0.25, 0.3) is 10.2 Å². The molecule has 1 unspecified atom stereocenters. The topological polar surface area (TPSA) is 133 Å². The molecule has 2 aliphatic heterocycles. The third-order valence-corrected chi connectivity index (χ3v) is 6.02. The summed E-state index contributed by atoms with van der Waals surface area (Å²) < 4.78 is 28.5. The van der Waals surface area contributed by atoms with E-state index < -0.39 is 34.3 Å². The molecular formula is C12H22N4O5S. The van der Waals surface area contributed by atoms with Gasteiger partial charge < -0.3 is 15.7 Å². The van der Waals surface area contributed by atoms with E-state index in [-0.39, 0.29) is 12.5 Å². The lowest BCUT2D eigenvalue weighted by Gasteiger charge is -2.41. The summed E-state index contributed by atoms with van der Waals surface area (Å²) >= 11 is 0. The number of carboxylic acids is 1. The number of nitrogens with two attached hydrogens (primary N) is 1. The summed E-state index contributed by atoms with van der Waals surface area (Å²) in [4.78, 5) is 24.7. The Labute approximate surface area is 129 Å². The molecular weight excluding hydrogens is 312 g/mol. The van der Waals surface area contributed by atoms with E-state index in [9.17, 15) is 18.0 Å². The molecule has 126 valence electrons. The quantitative estimate of drug-likeness (QED) is 0.550. The minimum Gasteiger partial charge on any atom is -0.480 e. The number of carbonyl (C=O) groups excluding carboxylic acids is 1. The first-order chi connectivity index (χ1) is 10.2. The van der Waals surface area contributed by atoms with Gasteiger partial charge in [-0.2, -0.15) is 17.4 Å². The normalized spacial score (nSPS) is 28.3. The van der Waals surface area contributed by atoms with Gasteiger partial charge in [0, 0.05) is 26.7 Å². The average Bonchev–Trinajstić information content (AvgIpc) is 2.74. The fraction of sp³-hybridized carbons (Fsp3) is 0.833. The van der Waals surface area contributed by atoms with Gasteiger partial charge >= 0.3 is 5.97 Å². The third-order valence-electron chi connectivity index (χ3n) is 4.38. The fourth-order valence-electron chi connectivity index (χ4n) is 3.10. The van der Waals surface area contributed by atoms with Crippen LogP contribution in [0.2, 0.25) is 0 Å². The van der Waals surface area contributed by atoms with E-state index in [1.807, 2.05) is 0 Å². The molecule has 0 radical (unpaired) electrons. The Bertz CT molecular complexity index is 562. The molecule has 0 bridgehead atoms. The number of piperidine rings is 1. The van der Waals surface area contributed by atoms with Crippen LogP contribution in [-0.4, -0.2) is 72.9 Å². The van der Waals surface area contributed by atoms with Crippen molar-refractivity contribution in [3.05, 3.63) is 0 Å². The lowest BCUT2D eigenvalue weighted by Crippen LogP contribution is -2.61. The van der Waals surface area contributed by atoms with E-state index in [2.05, 4.69) is 4.72 Å². The molecule has 0 aliphatic carbocycles. The monoisotopic (exact) mass is 334 g/mol. The Morgan fingerprint density at radius 2 is 2.09 bits per heavy atom. The molecule has 0 aromatic heterocycles. The number of carbonyl (C=O) groups is 2. The second kappa shape index (κ2) is 6.11. The highest BCUT2D eigenvalue weighted by Crippen LogP contribution is 2.38. The van der Waals surface area contributed by atoms with E-state index >= 15 is 0 Å². The van der Waals surface area contributed by atoms with Crippen molar-refractivity contribution in [3.8, 4) is 0 Å². The second-order valence-corrected chi connectivity index (χ2v) is 7.52. The molecule has 1 amide bonds. The smallest absolute Gasteiger partial charge is 0.321 e. The number of likely N-dealkylation sites (tertiary alicyclic amines) is 1. The highest BCUT2D eigenvalue weighted by Gasteiger charge is 2.54. The first-order valence-corrected chi connectivity index (χ1v) is 8.66. The van der Waals surface area contributed by atoms with Gasteiger partial charge in [-0.25, -0.2) is 0 Å². The summed E-state index contributed by atoms with van der Waals surface area (Å²) in [6.07, 6.45) is 2.40. The van der Waals surface area contributed by atoms with Crippen molar-refractivity contribution in [2.24, 2.45) is 5.73 Å². The molecule has 2 heterocycles. The van der Waals surface area contributed by atoms with Gasteiger partial charge in [-0.1, -0.05) is 0 Å². The standard InChI is InChI=1S/C12H22N4O5S/c1-15-7-5-12(11(15)19)4-2-3-6-16(12)22(20,21)14-8-9(13)10(17)18/h9,14H,2-8,13H2,1H3,(H,17,18)/t9-,12?/m0/s1. The molecule has 2 rings (SSSR count). The Balaban J connectivity index is 2.20. The summed E-state index contributed by atoms with van der Waals surface area (Å²) in [7, 11) is -2.31. The van der Waals surface area contributed by atoms with Crippen LogP contribution in [0, 0.1) is 0 Å². The summed E-state index contributed by atoms with van der Waals surface area (Å²) in [5, 5.41) is 8.74. The van der Waals surface area contributed by atoms with Gasteiger partial charge in [-0.3, -0.25) is 9.59 Å². The second-order valence-electron chi connectivity index (χ2n) is 5.84. The maximum Gasteiger partial charge on any atom is 0.321 e. The number of aliphatic carboxylic acids is 1. The summed E-state index contributed by atoms with van der Waals surface area (Å²) in [5.74, 6) is -1.48. The minimum absolute atomic E-state index is 0.194. The number of hydrogen-bond donors (Lipinski definition) is 3. The Morgan fingerprint density at radius 3 is 2.64 bits per heavy atom. The van der Waals surface area contributed by atoms with Gasteiger partial charge in [0.15, 0.2) is 0 Å². The van der Waals surface area contributed by atoms with E-state index in [1.54, 1.807) is 7.05 Å². The van der Waals surface area contributed by atoms with E-state index in [0.717, 1.165) is 6.42 Å². The predicted molar refractivity (Wildman–Crippen MR) is 78.1 cm³/mol. The van der Waals surface area contributed by atoms with Crippen molar-refractivity contribution in [2.45, 2.75) is 37.3 Å². The van der Waals surface area contributed by atoms with Crippen LogP contribution < -0.4 is 10.5 Å². The molecule has 1 spiro atoms. The number of amides is 1. The van der Waals surface area contributed by atoms with Crippen LogP contribution >= 0.6 is 0 Å². The van der Waals surface area contributed by atoms with Crippen molar-refractivity contribution in [1.29, 1.82) is 0 Å². The lowest BCUT2D eigenvalue weighted by molar-refractivity contribution is -0.138. The van der Waals surface area contributed by atoms with Crippen molar-refractivity contribution >= 4 is 22.1 Å². The molecule has 2 saturated heterocycles. The van der Waals surface area contributed by atoms with Crippen LogP contribution in [0.5, 0.6) is 0 Å². The maximum absolute atomic E-state index is 12.5. The summed E-state index contributed by atoms with van der Waals surface area (Å²) in [6, 6.07) is -1.32. The van der Waals surface area contributed by atoms with Crippen molar-refractivity contribution in [1.82, 2.24) is 13.9 Å². The molecule has 0 aromatic rings. The summed E-state index contributed by atoms with van der Waals surface area (Å²) in [5.41, 5.74) is 4.29. The Hall–Kier alpha value is -1.23. The summed E-state index contributed by atoms with van der Waals surface area (Å²) in [6.45, 7) is 0.352. The van der Waals surface area contributed by atoms with Crippen LogP contribution in [0.25, 0.3) is 0 Å². The van der Waals surface area contributed by atoms with Gasteiger partial charge in [-0.05, 0) is 25.7 Å². The average molecular weight is 334 g/mol. The number of nitrogens with one attached hydrogen (secondary N) is 1. The van der Waals surface area contributed by atoms with Crippen LogP contribution in [0.1, 0.15) is 25.7 Å². The first kappa shape index (κ1) is 17.1. The van der Waals surface area contributed by atoms with Gasteiger partial charge in [-0.15, -0.1) is 0 Å². The SMILES string of the molecule is CN1CCC2(CCCCN2S(=O)(=O)NC[C@H](N)C(=O)O)C1=O. The molecule has 2 fully saturated rings. The molecule has 10 heteroatoms. The number of nitrogens with zero attached hydrogens (tertiary/aromatic N) is 2. The lowest BCUT2D eigenvalue weighted by atomic mass is 9.87. The molecule has 0 saturated carbocycles. The molecule has 2 aliphatic rings. The van der Waals surface area contributed by atoms with Crippen molar-refractivity contribution < 1.29 is 23.1 Å². The Kier molecular flexibility index (Phi) is 4.76. The van der Waals surface area contributed by atoms with Crippen LogP contribution in [0.15, 0.2) is 0 Å². The van der Waals surface area contributed by atoms with Crippen LogP contribution in [0.3, 0.4) is 0 Å². The van der Waals surface area contributed by atoms with E-state index in [1.165, 1.54) is 9.21 Å². The van der Waals surface area contributed by atoms with Crippen molar-refractivity contribution in [2.75, 3.05) is 26.7 Å². The Morgan fingerprint density at radius 1 is 1.41 bits per heavy atom. The third kappa shape index (κ3) is 2.96. The maximum atomic E-state index is 12.5. The number of likely N-dealkylation sites (N-methyl/N-ethyl adjacent to an activating group) is 1. The zero-order valence-corrected chi connectivity index (χ0v) is 13.3. The zero-order chi connectivity index (χ0) is 16.5. The number of rotatable bonds is 5. The van der Waals surface area contributed by atoms with Crippen LogP contribution in [0.4, 0.5) is 0 Å². The first-order valence-electron chi connectivity index (χ1n) is 7.22. The zero-order valence-electron chi connectivity index (χ0n) is 12.5. The van der Waals surface area contributed by atoms with E-state index in [0.29, 0.717) is 25.8 Å². The number of hydrogen-bond acceptors (Lipinski definition) is 5. The van der Waals surface area contributed by atoms with Gasteiger partial charge in [0.1, 0.15) is 11.6 Å². The fourth-order valence-corrected chi connectivity index (χ4v) is 4.74. The molecule has 0 aromatic carbocycles. The number of carboxylic acid groups (broad SMARTS) is 1. The van der Waals surface area contributed by atoms with Gasteiger partial charge in [0.2, 0.25) is 5.91 Å². The highest BCUT2D eigenvalue weighted by molar-refractivity contribution is 7.87. The molecule has 22 heavy (non-hydrogen) atoms. The molecule has 9 nitrogen and oxygen atoms in total. The highest BCUT2D eigenvalue weighted by atomic mass is 32.2. The van der Waals surface area contributed by atoms with Crippen molar-refractivity contribution in [3.63, 3.8) is 0 Å². The minimum atomic E-state index is -3.97. The predicted octanol–water partition coefficient (Wildman–Crippen LogP) is -1.68. The van der Waals surface area contributed by atoms with E-state index in [4.69, 9.17) is 10.8 Å². The van der Waals surface area contributed by atoms with Gasteiger partial charge in [0.05, 0.1) is 0 Å². The molecule has 2 atom stereocenters. The molecule has 4 N–H and O–H groups in total. The van der Waals surface area contributed by atoms with Crippen LogP contribution in [-0.2, 0) is 19.8 Å².